The van der Waals surface area contributed by atoms with E-state index in [2.05, 4.69) is 23.9 Å². The first-order chi connectivity index (χ1) is 9.11. The lowest BCUT2D eigenvalue weighted by atomic mass is 9.95. The van der Waals surface area contributed by atoms with Crippen LogP contribution in [0.25, 0.3) is 0 Å². The van der Waals surface area contributed by atoms with Gasteiger partial charge in [0.2, 0.25) is 0 Å². The molecule has 0 spiro atoms. The molecule has 1 aromatic carbocycles. The molecule has 0 aliphatic carbocycles. The van der Waals surface area contributed by atoms with Gasteiger partial charge in [0.05, 0.1) is 5.88 Å². The molecular weight excluding hydrogens is 263 g/mol. The predicted octanol–water partition coefficient (Wildman–Crippen LogP) is 3.34. The molecule has 1 fully saturated rings. The summed E-state index contributed by atoms with van der Waals surface area (Å²) in [6.45, 7) is 3.12. The van der Waals surface area contributed by atoms with Crippen LogP contribution in [-0.4, -0.2) is 38.6 Å². The van der Waals surface area contributed by atoms with Crippen LogP contribution in [0, 0.1) is 11.7 Å². The zero-order chi connectivity index (χ0) is 13.8. The van der Waals surface area contributed by atoms with Gasteiger partial charge < -0.3 is 9.80 Å². The van der Waals surface area contributed by atoms with E-state index < -0.39 is 0 Å². The molecule has 0 amide bonds. The van der Waals surface area contributed by atoms with Crippen molar-refractivity contribution >= 4 is 17.3 Å². The summed E-state index contributed by atoms with van der Waals surface area (Å²) in [5, 5.41) is 0. The minimum atomic E-state index is -0.192. The van der Waals surface area contributed by atoms with E-state index in [0.717, 1.165) is 44.1 Å². The maximum absolute atomic E-state index is 13.7. The van der Waals surface area contributed by atoms with Crippen molar-refractivity contribution in [3.05, 3.63) is 29.6 Å². The number of piperidine rings is 1. The first kappa shape index (κ1) is 14.6. The number of hydrogen-bond donors (Lipinski definition) is 0. The Kier molecular flexibility index (Phi) is 5.06. The van der Waals surface area contributed by atoms with Crippen molar-refractivity contribution in [1.82, 2.24) is 4.90 Å². The SMILES string of the molecule is CN(C)CC1CCN(c2cccc(F)c2CCl)CC1. The summed E-state index contributed by atoms with van der Waals surface area (Å²) in [5.74, 6) is 0.793. The molecule has 0 bridgehead atoms. The van der Waals surface area contributed by atoms with E-state index in [1.807, 2.05) is 6.07 Å². The second-order valence-electron chi connectivity index (χ2n) is 5.56. The van der Waals surface area contributed by atoms with Gasteiger partial charge in [-0.2, -0.15) is 0 Å². The summed E-state index contributed by atoms with van der Waals surface area (Å²) in [6.07, 6.45) is 2.33. The van der Waals surface area contributed by atoms with Crippen LogP contribution in [0.4, 0.5) is 10.1 Å². The highest BCUT2D eigenvalue weighted by atomic mass is 35.5. The van der Waals surface area contributed by atoms with Crippen LogP contribution in [0.2, 0.25) is 0 Å². The van der Waals surface area contributed by atoms with E-state index in [0.29, 0.717) is 5.56 Å². The van der Waals surface area contributed by atoms with Gasteiger partial charge in [0.1, 0.15) is 5.82 Å². The lowest BCUT2D eigenvalue weighted by Gasteiger charge is -2.35. The third-order valence-corrected chi connectivity index (χ3v) is 4.07. The first-order valence-electron chi connectivity index (χ1n) is 6.85. The molecule has 0 saturated carbocycles. The first-order valence-corrected chi connectivity index (χ1v) is 7.38. The third-order valence-electron chi connectivity index (χ3n) is 3.81. The Bertz CT molecular complexity index is 415. The summed E-state index contributed by atoms with van der Waals surface area (Å²) in [4.78, 5) is 4.51. The van der Waals surface area contributed by atoms with Gasteiger partial charge in [-0.3, -0.25) is 0 Å². The molecule has 0 aromatic heterocycles. The van der Waals surface area contributed by atoms with Gasteiger partial charge in [-0.15, -0.1) is 11.6 Å². The van der Waals surface area contributed by atoms with E-state index in [1.165, 1.54) is 6.07 Å². The largest absolute Gasteiger partial charge is 0.371 e. The molecular formula is C15H22ClFN2. The van der Waals surface area contributed by atoms with E-state index in [-0.39, 0.29) is 11.7 Å². The molecule has 2 rings (SSSR count). The monoisotopic (exact) mass is 284 g/mol. The molecule has 1 aliphatic rings. The van der Waals surface area contributed by atoms with Crippen molar-refractivity contribution in [3.8, 4) is 0 Å². The lowest BCUT2D eigenvalue weighted by Crippen LogP contribution is -2.37. The van der Waals surface area contributed by atoms with Gasteiger partial charge in [0.15, 0.2) is 0 Å². The number of hydrogen-bond acceptors (Lipinski definition) is 2. The minimum Gasteiger partial charge on any atom is -0.371 e. The standard InChI is InChI=1S/C15H22ClFN2/c1-18(2)11-12-6-8-19(9-7-12)15-5-3-4-14(17)13(15)10-16/h3-5,12H,6-11H2,1-2H3. The quantitative estimate of drug-likeness (QED) is 0.783. The Hall–Kier alpha value is -0.800. The molecule has 2 nitrogen and oxygen atoms in total. The fourth-order valence-corrected chi connectivity index (χ4v) is 3.11. The molecule has 1 aliphatic heterocycles. The van der Waals surface area contributed by atoms with Gasteiger partial charge >= 0.3 is 0 Å². The number of rotatable bonds is 4. The molecule has 4 heteroatoms. The second kappa shape index (κ2) is 6.58. The highest BCUT2D eigenvalue weighted by Crippen LogP contribution is 2.29. The van der Waals surface area contributed by atoms with Crippen molar-refractivity contribution in [2.45, 2.75) is 18.7 Å². The Labute approximate surface area is 120 Å². The maximum Gasteiger partial charge on any atom is 0.129 e. The number of halogens is 2. The van der Waals surface area contributed by atoms with Gasteiger partial charge in [-0.05, 0) is 45.0 Å². The van der Waals surface area contributed by atoms with Crippen LogP contribution >= 0.6 is 11.6 Å². The van der Waals surface area contributed by atoms with Crippen LogP contribution in [-0.2, 0) is 5.88 Å². The van der Waals surface area contributed by atoms with Gasteiger partial charge in [-0.1, -0.05) is 6.07 Å². The molecule has 0 atom stereocenters. The van der Waals surface area contributed by atoms with E-state index in [9.17, 15) is 4.39 Å². The number of anilines is 1. The van der Waals surface area contributed by atoms with Crippen molar-refractivity contribution in [2.75, 3.05) is 38.6 Å². The maximum atomic E-state index is 13.7. The number of alkyl halides is 1. The van der Waals surface area contributed by atoms with Crippen LogP contribution in [0.3, 0.4) is 0 Å². The van der Waals surface area contributed by atoms with Crippen LogP contribution in [0.15, 0.2) is 18.2 Å². The summed E-state index contributed by atoms with van der Waals surface area (Å²) < 4.78 is 13.7. The average molecular weight is 285 g/mol. The summed E-state index contributed by atoms with van der Waals surface area (Å²) in [7, 11) is 4.23. The normalized spacial score (nSPS) is 17.2. The third kappa shape index (κ3) is 3.61. The van der Waals surface area contributed by atoms with Crippen LogP contribution in [0.5, 0.6) is 0 Å². The number of nitrogens with zero attached hydrogens (tertiary/aromatic N) is 2. The molecule has 1 aromatic rings. The molecule has 19 heavy (non-hydrogen) atoms. The molecule has 1 saturated heterocycles. The van der Waals surface area contributed by atoms with Crippen LogP contribution in [0.1, 0.15) is 18.4 Å². The Morgan fingerprint density at radius 3 is 2.58 bits per heavy atom. The van der Waals surface area contributed by atoms with E-state index in [1.54, 1.807) is 6.07 Å². The Morgan fingerprint density at radius 1 is 1.32 bits per heavy atom. The molecule has 0 N–H and O–H groups in total. The lowest BCUT2D eigenvalue weighted by molar-refractivity contribution is 0.285. The second-order valence-corrected chi connectivity index (χ2v) is 5.83. The minimum absolute atomic E-state index is 0.192. The van der Waals surface area contributed by atoms with Crippen molar-refractivity contribution in [1.29, 1.82) is 0 Å². The molecule has 0 radical (unpaired) electrons. The van der Waals surface area contributed by atoms with Crippen molar-refractivity contribution in [2.24, 2.45) is 5.92 Å². The van der Waals surface area contributed by atoms with Gasteiger partial charge in [-0.25, -0.2) is 4.39 Å². The van der Waals surface area contributed by atoms with Crippen molar-refractivity contribution < 1.29 is 4.39 Å². The van der Waals surface area contributed by atoms with Gasteiger partial charge in [0.25, 0.3) is 0 Å². The summed E-state index contributed by atoms with van der Waals surface area (Å²) >= 11 is 5.88. The van der Waals surface area contributed by atoms with E-state index >= 15 is 0 Å². The number of benzene rings is 1. The molecule has 1 heterocycles. The zero-order valence-corrected chi connectivity index (χ0v) is 12.5. The van der Waals surface area contributed by atoms with E-state index in [4.69, 9.17) is 11.6 Å². The smallest absolute Gasteiger partial charge is 0.129 e. The summed E-state index contributed by atoms with van der Waals surface area (Å²) in [6, 6.07) is 5.24. The zero-order valence-electron chi connectivity index (χ0n) is 11.7. The Balaban J connectivity index is 2.03. The van der Waals surface area contributed by atoms with Crippen molar-refractivity contribution in [3.63, 3.8) is 0 Å². The fourth-order valence-electron chi connectivity index (χ4n) is 2.85. The van der Waals surface area contributed by atoms with Gasteiger partial charge in [0, 0.05) is 30.9 Å². The highest BCUT2D eigenvalue weighted by molar-refractivity contribution is 6.17. The Morgan fingerprint density at radius 2 is 2.00 bits per heavy atom. The fraction of sp³-hybridized carbons (Fsp3) is 0.600. The topological polar surface area (TPSA) is 6.48 Å². The van der Waals surface area contributed by atoms with Crippen LogP contribution < -0.4 is 4.90 Å². The summed E-state index contributed by atoms with van der Waals surface area (Å²) in [5.41, 5.74) is 1.61. The molecule has 0 unspecified atom stereocenters. The molecule has 106 valence electrons. The predicted molar refractivity (Wildman–Crippen MR) is 79.4 cm³/mol. The highest BCUT2D eigenvalue weighted by Gasteiger charge is 2.22. The average Bonchev–Trinajstić information content (AvgIpc) is 2.38.